The minimum absolute atomic E-state index is 0.00996. The molecule has 0 aliphatic heterocycles. The minimum Gasteiger partial charge on any atom is -0.493 e. The molecule has 0 atom stereocenters. The lowest BCUT2D eigenvalue weighted by Gasteiger charge is -2.11. The van der Waals surface area contributed by atoms with E-state index in [1.165, 1.54) is 44.6 Å². The molecule has 0 N–H and O–H groups in total. The first-order valence-corrected chi connectivity index (χ1v) is 9.53. The van der Waals surface area contributed by atoms with E-state index < -0.39 is 14.7 Å². The van der Waals surface area contributed by atoms with E-state index in [9.17, 15) is 13.7 Å². The highest BCUT2D eigenvalue weighted by Crippen LogP contribution is 2.37. The summed E-state index contributed by atoms with van der Waals surface area (Å²) >= 11 is 9.11. The van der Waals surface area contributed by atoms with Gasteiger partial charge in [0.2, 0.25) is 9.84 Å². The molecule has 25 heavy (non-hydrogen) atoms. The van der Waals surface area contributed by atoms with Crippen molar-refractivity contribution in [2.75, 3.05) is 14.2 Å². The summed E-state index contributed by atoms with van der Waals surface area (Å²) in [5.74, 6) is 0.878. The van der Waals surface area contributed by atoms with Crippen LogP contribution in [0.2, 0.25) is 5.02 Å². The van der Waals surface area contributed by atoms with Gasteiger partial charge in [-0.25, -0.2) is 8.42 Å². The number of hydrogen-bond acceptors (Lipinski definition) is 5. The fourth-order valence-electron chi connectivity index (χ4n) is 2.08. The number of nitrogens with zero attached hydrogens (tertiary/aromatic N) is 1. The van der Waals surface area contributed by atoms with E-state index in [2.05, 4.69) is 15.9 Å². The van der Waals surface area contributed by atoms with Crippen molar-refractivity contribution in [3.63, 3.8) is 0 Å². The van der Waals surface area contributed by atoms with E-state index in [-0.39, 0.29) is 4.90 Å². The summed E-state index contributed by atoms with van der Waals surface area (Å²) in [6.07, 6.45) is 1.27. The fraction of sp³-hybridized carbons (Fsp3) is 0.118. The molecule has 2 aromatic carbocycles. The number of nitriles is 1. The number of allylic oxidation sites excluding steroid dienone is 1. The first kappa shape index (κ1) is 19.3. The SMILES string of the molecule is COc1cc(/C=C(\C#N)S(=O)(=O)c2ccc(Cl)cc2)cc(Br)c1OC. The van der Waals surface area contributed by atoms with Crippen molar-refractivity contribution in [2.45, 2.75) is 4.90 Å². The molecule has 5 nitrogen and oxygen atoms in total. The first-order chi connectivity index (χ1) is 11.8. The lowest BCUT2D eigenvalue weighted by molar-refractivity contribution is 0.353. The fourth-order valence-corrected chi connectivity index (χ4v) is 3.99. The van der Waals surface area contributed by atoms with Gasteiger partial charge in [-0.1, -0.05) is 11.6 Å². The van der Waals surface area contributed by atoms with Crippen LogP contribution in [-0.2, 0) is 9.84 Å². The molecule has 0 fully saturated rings. The van der Waals surface area contributed by atoms with Gasteiger partial charge in [-0.05, 0) is 64.0 Å². The summed E-state index contributed by atoms with van der Waals surface area (Å²) in [5.41, 5.74) is 0.471. The van der Waals surface area contributed by atoms with Gasteiger partial charge in [-0.3, -0.25) is 0 Å². The van der Waals surface area contributed by atoms with Crippen LogP contribution >= 0.6 is 27.5 Å². The van der Waals surface area contributed by atoms with E-state index in [4.69, 9.17) is 21.1 Å². The minimum atomic E-state index is -3.96. The molecule has 0 aliphatic carbocycles. The Morgan fingerprint density at radius 2 is 1.84 bits per heavy atom. The molecular weight excluding hydrogens is 430 g/mol. The van der Waals surface area contributed by atoms with Gasteiger partial charge < -0.3 is 9.47 Å². The third kappa shape index (κ3) is 4.15. The van der Waals surface area contributed by atoms with Gasteiger partial charge in [0.15, 0.2) is 11.5 Å². The second kappa shape index (κ2) is 7.91. The smallest absolute Gasteiger partial charge is 0.216 e. The monoisotopic (exact) mass is 441 g/mol. The first-order valence-electron chi connectivity index (χ1n) is 6.87. The van der Waals surface area contributed by atoms with E-state index in [0.29, 0.717) is 26.6 Å². The van der Waals surface area contributed by atoms with E-state index in [1.54, 1.807) is 18.2 Å². The van der Waals surface area contributed by atoms with Crippen molar-refractivity contribution in [2.24, 2.45) is 0 Å². The van der Waals surface area contributed by atoms with Gasteiger partial charge in [-0.2, -0.15) is 5.26 Å². The predicted octanol–water partition coefficient (Wildman–Crippen LogP) is 4.46. The number of benzene rings is 2. The zero-order valence-electron chi connectivity index (χ0n) is 13.3. The number of rotatable bonds is 5. The van der Waals surface area contributed by atoms with Crippen LogP contribution in [0.3, 0.4) is 0 Å². The van der Waals surface area contributed by atoms with Crippen LogP contribution in [-0.4, -0.2) is 22.6 Å². The van der Waals surface area contributed by atoms with Gasteiger partial charge in [0.1, 0.15) is 11.0 Å². The molecule has 0 heterocycles. The van der Waals surface area contributed by atoms with Crippen molar-refractivity contribution in [3.8, 4) is 17.6 Å². The highest BCUT2D eigenvalue weighted by Gasteiger charge is 2.21. The predicted molar refractivity (Wildman–Crippen MR) is 99.5 cm³/mol. The van der Waals surface area contributed by atoms with Crippen molar-refractivity contribution in [1.29, 1.82) is 5.26 Å². The van der Waals surface area contributed by atoms with E-state index >= 15 is 0 Å². The maximum atomic E-state index is 12.6. The molecule has 0 unspecified atom stereocenters. The maximum Gasteiger partial charge on any atom is 0.216 e. The second-order valence-corrected chi connectivity index (χ2v) is 8.02. The Bertz CT molecular complexity index is 963. The van der Waals surface area contributed by atoms with Gasteiger partial charge in [0.05, 0.1) is 23.6 Å². The van der Waals surface area contributed by atoms with Crippen LogP contribution in [0.5, 0.6) is 11.5 Å². The Kier molecular flexibility index (Phi) is 6.11. The summed E-state index contributed by atoms with van der Waals surface area (Å²) in [5, 5.41) is 9.75. The van der Waals surface area contributed by atoms with Gasteiger partial charge >= 0.3 is 0 Å². The molecule has 0 bridgehead atoms. The maximum absolute atomic E-state index is 12.6. The molecule has 2 rings (SSSR count). The molecule has 0 aromatic heterocycles. The van der Waals surface area contributed by atoms with Gasteiger partial charge in [0, 0.05) is 5.02 Å². The number of halogens is 2. The van der Waals surface area contributed by atoms with E-state index in [1.807, 2.05) is 0 Å². The molecule has 130 valence electrons. The summed E-state index contributed by atoms with van der Waals surface area (Å²) in [4.78, 5) is -0.404. The lowest BCUT2D eigenvalue weighted by atomic mass is 10.2. The van der Waals surface area contributed by atoms with Crippen molar-refractivity contribution in [1.82, 2.24) is 0 Å². The van der Waals surface area contributed by atoms with Crippen LogP contribution in [0.1, 0.15) is 5.56 Å². The molecule has 0 radical (unpaired) electrons. The summed E-state index contributed by atoms with van der Waals surface area (Å²) in [6.45, 7) is 0. The Morgan fingerprint density at radius 1 is 1.20 bits per heavy atom. The highest BCUT2D eigenvalue weighted by atomic mass is 79.9. The Balaban J connectivity index is 2.56. The molecule has 0 spiro atoms. The Labute approximate surface area is 159 Å². The summed E-state index contributed by atoms with van der Waals surface area (Å²) in [7, 11) is -1.00. The largest absolute Gasteiger partial charge is 0.493 e. The average Bonchev–Trinajstić information content (AvgIpc) is 2.59. The van der Waals surface area contributed by atoms with E-state index in [0.717, 1.165) is 0 Å². The molecule has 2 aromatic rings. The number of ether oxygens (including phenoxy) is 2. The molecule has 8 heteroatoms. The van der Waals surface area contributed by atoms with Crippen LogP contribution in [0.15, 0.2) is 50.7 Å². The zero-order valence-corrected chi connectivity index (χ0v) is 16.4. The third-order valence-electron chi connectivity index (χ3n) is 3.28. The van der Waals surface area contributed by atoms with Crippen LogP contribution in [0.25, 0.3) is 6.08 Å². The Morgan fingerprint density at radius 3 is 2.36 bits per heavy atom. The van der Waals surface area contributed by atoms with Gasteiger partial charge in [-0.15, -0.1) is 0 Å². The van der Waals surface area contributed by atoms with Crippen molar-refractivity contribution < 1.29 is 17.9 Å². The molecule has 0 aliphatic rings. The van der Waals surface area contributed by atoms with Crippen LogP contribution in [0, 0.1) is 11.3 Å². The van der Waals surface area contributed by atoms with Crippen molar-refractivity contribution in [3.05, 3.63) is 56.4 Å². The molecule has 0 saturated carbocycles. The average molecular weight is 443 g/mol. The van der Waals surface area contributed by atoms with Gasteiger partial charge in [0.25, 0.3) is 0 Å². The molecular formula is C17H13BrClNO4S. The third-order valence-corrected chi connectivity index (χ3v) is 5.80. The number of sulfone groups is 1. The van der Waals surface area contributed by atoms with Crippen LogP contribution in [0.4, 0.5) is 0 Å². The van der Waals surface area contributed by atoms with Crippen LogP contribution < -0.4 is 9.47 Å². The number of methoxy groups -OCH3 is 2. The lowest BCUT2D eigenvalue weighted by Crippen LogP contribution is -2.03. The standard InChI is InChI=1S/C17H13BrClNO4S/c1-23-16-9-11(8-15(18)17(16)24-2)7-14(10-20)25(21,22)13-5-3-12(19)4-6-13/h3-9H,1-2H3/b14-7+. The zero-order chi connectivity index (χ0) is 18.6. The molecule has 0 amide bonds. The molecule has 0 saturated heterocycles. The highest BCUT2D eigenvalue weighted by molar-refractivity contribution is 9.10. The summed E-state index contributed by atoms with van der Waals surface area (Å²) < 4.78 is 36.3. The normalized spacial score (nSPS) is 11.7. The second-order valence-electron chi connectivity index (χ2n) is 4.82. The topological polar surface area (TPSA) is 76.4 Å². The summed E-state index contributed by atoms with van der Waals surface area (Å²) in [6, 6.07) is 10.6. The number of hydrogen-bond donors (Lipinski definition) is 0. The Hall–Kier alpha value is -2.01. The van der Waals surface area contributed by atoms with Crippen molar-refractivity contribution >= 4 is 43.4 Å². The quantitative estimate of drug-likeness (QED) is 0.639.